The van der Waals surface area contributed by atoms with E-state index in [2.05, 4.69) is 26.8 Å². The summed E-state index contributed by atoms with van der Waals surface area (Å²) >= 11 is 0. The number of amides is 2. The molecule has 0 radical (unpaired) electrons. The van der Waals surface area contributed by atoms with Gasteiger partial charge in [0.25, 0.3) is 0 Å². The van der Waals surface area contributed by atoms with Gasteiger partial charge in [-0.15, -0.1) is 12.4 Å². The maximum atomic E-state index is 13.5. The number of Topliss-reactive ketones (excluding diaryl/α,β-unsaturated/α-hetero) is 1. The Morgan fingerprint density at radius 2 is 1.85 bits per heavy atom. The van der Waals surface area contributed by atoms with Gasteiger partial charge in [-0.2, -0.15) is 0 Å². The van der Waals surface area contributed by atoms with Gasteiger partial charge in [0.05, 0.1) is 32.2 Å². The summed E-state index contributed by atoms with van der Waals surface area (Å²) in [6.07, 6.45) is 10.8. The minimum Gasteiger partial charge on any atom is -0.393 e. The largest absolute Gasteiger partial charge is 0.393 e. The van der Waals surface area contributed by atoms with E-state index in [0.29, 0.717) is 49.9 Å². The van der Waals surface area contributed by atoms with E-state index in [1.807, 2.05) is 0 Å². The summed E-state index contributed by atoms with van der Waals surface area (Å²) in [5, 5.41) is 10.3. The first-order chi connectivity index (χ1) is 18.0. The molecule has 4 aliphatic carbocycles. The predicted molar refractivity (Wildman–Crippen MR) is 150 cm³/mol. The van der Waals surface area contributed by atoms with Gasteiger partial charge in [-0.05, 0) is 85.9 Å². The number of aliphatic hydroxyl groups is 1. The van der Waals surface area contributed by atoms with Crippen molar-refractivity contribution in [2.24, 2.45) is 40.4 Å². The highest BCUT2D eigenvalue weighted by Gasteiger charge is 2.60. The molecular weight excluding hydrogens is 516 g/mol. The highest BCUT2D eigenvalue weighted by atomic mass is 35.5. The summed E-state index contributed by atoms with van der Waals surface area (Å²) in [7, 11) is 0. The second-order valence-electron chi connectivity index (χ2n) is 14.0. The molecule has 0 aromatic heterocycles. The van der Waals surface area contributed by atoms with Crippen LogP contribution in [0.15, 0.2) is 11.6 Å². The number of ether oxygens (including phenoxy) is 1. The molecule has 2 heterocycles. The first-order valence-electron chi connectivity index (χ1n) is 15.1. The Labute approximate surface area is 239 Å². The van der Waals surface area contributed by atoms with E-state index in [1.54, 1.807) is 9.80 Å². The van der Waals surface area contributed by atoms with E-state index >= 15 is 0 Å². The third kappa shape index (κ3) is 4.41. The minimum absolute atomic E-state index is 0. The highest BCUT2D eigenvalue weighted by molar-refractivity contribution is 5.99. The molecule has 2 saturated heterocycles. The molecule has 0 aromatic carbocycles. The Hall–Kier alpha value is -1.44. The standard InChI is InChI=1S/C31H46N2O5.ClH/c1-19(27(36)16-28(37)32-17-31(18-32)33(20(2)34)13-14-38-31)24-7-8-25-23-6-5-21-15-22(35)9-11-29(21,3)26(23)10-12-30(24,25)4;/h5,19,22-26,35H,6-18H2,1-4H3;1H/t19-,22+,23+,24-,25+,26+,29+,30+;/m1./s1. The molecule has 0 unspecified atom stereocenters. The number of fused-ring (bicyclic) bond motifs is 5. The summed E-state index contributed by atoms with van der Waals surface area (Å²) in [6.45, 7) is 10.3. The molecule has 2 amide bonds. The molecule has 8 atom stereocenters. The molecular formula is C31H47ClN2O5. The first-order valence-corrected chi connectivity index (χ1v) is 15.1. The van der Waals surface area contributed by atoms with Crippen molar-refractivity contribution in [3.8, 4) is 0 Å². The van der Waals surface area contributed by atoms with Crippen molar-refractivity contribution < 1.29 is 24.2 Å². The quantitative estimate of drug-likeness (QED) is 0.406. The molecule has 2 aliphatic heterocycles. The van der Waals surface area contributed by atoms with Crippen LogP contribution in [0, 0.1) is 40.4 Å². The number of carbonyl (C=O) groups is 3. The molecule has 6 rings (SSSR count). The van der Waals surface area contributed by atoms with Gasteiger partial charge in [0.15, 0.2) is 5.72 Å². The van der Waals surface area contributed by atoms with Crippen LogP contribution in [0.4, 0.5) is 0 Å². The number of hydrogen-bond donors (Lipinski definition) is 1. The Bertz CT molecular complexity index is 1060. The fourth-order valence-corrected chi connectivity index (χ4v) is 10.2. The van der Waals surface area contributed by atoms with Crippen LogP contribution in [0.1, 0.15) is 85.5 Å². The smallest absolute Gasteiger partial charge is 0.230 e. The molecule has 7 nitrogen and oxygen atoms in total. The number of hydrogen-bond acceptors (Lipinski definition) is 5. The minimum atomic E-state index is -0.678. The number of allylic oxidation sites excluding steroid dienone is 1. The summed E-state index contributed by atoms with van der Waals surface area (Å²) < 4.78 is 5.84. The van der Waals surface area contributed by atoms with Gasteiger partial charge >= 0.3 is 0 Å². The van der Waals surface area contributed by atoms with Crippen LogP contribution in [0.25, 0.3) is 0 Å². The SMILES string of the molecule is CC(=O)N1CCOC12CN(C(=O)CC(=O)[C@H](C)[C@H]1CC[C@H]3[C@@H]4CC=C5C[C@@H](O)CC[C@]5(C)[C@H]4CC[C@@]13C)C2.Cl. The number of rotatable bonds is 4. The average molecular weight is 563 g/mol. The van der Waals surface area contributed by atoms with E-state index in [9.17, 15) is 19.5 Å². The van der Waals surface area contributed by atoms with Crippen LogP contribution >= 0.6 is 12.4 Å². The number of halogens is 1. The Balaban J connectivity index is 0.00000308. The number of ketones is 1. The zero-order valence-corrected chi connectivity index (χ0v) is 24.9. The van der Waals surface area contributed by atoms with Crippen LogP contribution in [0.2, 0.25) is 0 Å². The molecule has 0 bridgehead atoms. The third-order valence-corrected chi connectivity index (χ3v) is 12.4. The number of carbonyl (C=O) groups excluding carboxylic acids is 3. The Morgan fingerprint density at radius 1 is 1.10 bits per heavy atom. The molecule has 218 valence electrons. The lowest BCUT2D eigenvalue weighted by atomic mass is 9.47. The molecule has 8 heteroatoms. The lowest BCUT2D eigenvalue weighted by Crippen LogP contribution is -2.70. The molecule has 5 fully saturated rings. The van der Waals surface area contributed by atoms with Crippen molar-refractivity contribution in [3.05, 3.63) is 11.6 Å². The monoisotopic (exact) mass is 562 g/mol. The second-order valence-corrected chi connectivity index (χ2v) is 14.0. The fourth-order valence-electron chi connectivity index (χ4n) is 10.2. The lowest BCUT2D eigenvalue weighted by Gasteiger charge is -2.58. The number of nitrogens with zero attached hydrogens (tertiary/aromatic N) is 2. The van der Waals surface area contributed by atoms with Gasteiger partial charge < -0.3 is 19.6 Å². The Kier molecular flexibility index (Phi) is 7.55. The summed E-state index contributed by atoms with van der Waals surface area (Å²) in [4.78, 5) is 41.9. The molecule has 3 saturated carbocycles. The zero-order valence-electron chi connectivity index (χ0n) is 24.1. The van der Waals surface area contributed by atoms with Crippen molar-refractivity contribution in [1.82, 2.24) is 9.80 Å². The summed E-state index contributed by atoms with van der Waals surface area (Å²) in [5.41, 5.74) is 1.20. The van der Waals surface area contributed by atoms with E-state index in [1.165, 1.54) is 25.3 Å². The summed E-state index contributed by atoms with van der Waals surface area (Å²) in [6, 6.07) is 0. The maximum absolute atomic E-state index is 13.5. The zero-order chi connectivity index (χ0) is 27.0. The van der Waals surface area contributed by atoms with Gasteiger partial charge in [0, 0.05) is 19.4 Å². The second kappa shape index (κ2) is 10.1. The van der Waals surface area contributed by atoms with Gasteiger partial charge in [-0.3, -0.25) is 14.4 Å². The van der Waals surface area contributed by atoms with Crippen LogP contribution in [-0.2, 0) is 19.1 Å². The van der Waals surface area contributed by atoms with E-state index in [-0.39, 0.29) is 59.3 Å². The number of likely N-dealkylation sites (tertiary alicyclic amines) is 1. The van der Waals surface area contributed by atoms with Gasteiger partial charge in [-0.1, -0.05) is 32.4 Å². The van der Waals surface area contributed by atoms with Crippen molar-refractivity contribution in [2.45, 2.75) is 97.3 Å². The molecule has 0 aromatic rings. The van der Waals surface area contributed by atoms with Crippen LogP contribution < -0.4 is 0 Å². The molecule has 1 spiro atoms. The van der Waals surface area contributed by atoms with Gasteiger partial charge in [0.1, 0.15) is 5.78 Å². The van der Waals surface area contributed by atoms with Crippen molar-refractivity contribution >= 4 is 30.0 Å². The Morgan fingerprint density at radius 3 is 2.56 bits per heavy atom. The van der Waals surface area contributed by atoms with Crippen LogP contribution in [0.5, 0.6) is 0 Å². The number of aliphatic hydroxyl groups excluding tert-OH is 1. The van der Waals surface area contributed by atoms with Gasteiger partial charge in [-0.25, -0.2) is 0 Å². The topological polar surface area (TPSA) is 87.2 Å². The van der Waals surface area contributed by atoms with Gasteiger partial charge in [0.2, 0.25) is 11.8 Å². The molecule has 6 aliphatic rings. The van der Waals surface area contributed by atoms with Crippen LogP contribution in [-0.4, -0.2) is 70.6 Å². The lowest BCUT2D eigenvalue weighted by molar-refractivity contribution is -0.194. The third-order valence-electron chi connectivity index (χ3n) is 12.4. The normalized spacial score (nSPS) is 40.9. The molecule has 39 heavy (non-hydrogen) atoms. The van der Waals surface area contributed by atoms with E-state index < -0.39 is 5.72 Å². The fraction of sp³-hybridized carbons (Fsp3) is 0.839. The highest BCUT2D eigenvalue weighted by Crippen LogP contribution is 2.67. The van der Waals surface area contributed by atoms with Crippen LogP contribution in [0.3, 0.4) is 0 Å². The first kappa shape index (κ1) is 29.1. The predicted octanol–water partition coefficient (Wildman–Crippen LogP) is 4.36. The van der Waals surface area contributed by atoms with E-state index in [0.717, 1.165) is 38.5 Å². The average Bonchev–Trinajstić information content (AvgIpc) is 3.44. The van der Waals surface area contributed by atoms with E-state index in [4.69, 9.17) is 4.74 Å². The van der Waals surface area contributed by atoms with Crippen molar-refractivity contribution in [2.75, 3.05) is 26.2 Å². The van der Waals surface area contributed by atoms with Crippen molar-refractivity contribution in [1.29, 1.82) is 0 Å². The maximum Gasteiger partial charge on any atom is 0.230 e. The summed E-state index contributed by atoms with van der Waals surface area (Å²) in [5.74, 6) is 2.10. The van der Waals surface area contributed by atoms with Crippen molar-refractivity contribution in [3.63, 3.8) is 0 Å². The molecule has 1 N–H and O–H groups in total.